The SMILES string of the molecule is CC(C)(C)N(C(=O)O)C1CC[C@@H](O)C[C@H]1O[Si](C)(C)C(C)(C)C. The second-order valence-electron chi connectivity index (χ2n) is 9.27. The highest BCUT2D eigenvalue weighted by molar-refractivity contribution is 6.74. The van der Waals surface area contributed by atoms with Gasteiger partial charge in [0.1, 0.15) is 0 Å². The van der Waals surface area contributed by atoms with Gasteiger partial charge < -0.3 is 14.6 Å². The zero-order chi connectivity index (χ0) is 18.2. The number of aliphatic hydroxyl groups is 1. The van der Waals surface area contributed by atoms with Crippen LogP contribution in [0.2, 0.25) is 18.1 Å². The maximum atomic E-state index is 11.9. The van der Waals surface area contributed by atoms with Crippen LogP contribution in [0.15, 0.2) is 0 Å². The van der Waals surface area contributed by atoms with Gasteiger partial charge in [0, 0.05) is 12.0 Å². The molecule has 0 aromatic carbocycles. The first-order valence-corrected chi connectivity index (χ1v) is 11.5. The van der Waals surface area contributed by atoms with Gasteiger partial charge in [-0.15, -0.1) is 0 Å². The zero-order valence-corrected chi connectivity index (χ0v) is 17.0. The van der Waals surface area contributed by atoms with Crippen LogP contribution in [-0.2, 0) is 4.43 Å². The molecule has 2 N–H and O–H groups in total. The molecule has 23 heavy (non-hydrogen) atoms. The van der Waals surface area contributed by atoms with Crippen LogP contribution in [0.5, 0.6) is 0 Å². The second kappa shape index (κ2) is 6.73. The van der Waals surface area contributed by atoms with Gasteiger partial charge >= 0.3 is 6.09 Å². The fourth-order valence-electron chi connectivity index (χ4n) is 3.00. The third-order valence-electron chi connectivity index (χ3n) is 5.24. The summed E-state index contributed by atoms with van der Waals surface area (Å²) in [6, 6.07) is -0.204. The maximum Gasteiger partial charge on any atom is 0.408 e. The number of carbonyl (C=O) groups is 1. The molecule has 0 bridgehead atoms. The molecule has 1 amide bonds. The lowest BCUT2D eigenvalue weighted by Gasteiger charge is -2.49. The first-order chi connectivity index (χ1) is 10.2. The fourth-order valence-corrected chi connectivity index (χ4v) is 4.36. The first-order valence-electron chi connectivity index (χ1n) is 8.55. The molecule has 6 heteroatoms. The maximum absolute atomic E-state index is 11.9. The molecule has 1 aliphatic rings. The predicted octanol–water partition coefficient (Wildman–Crippen LogP) is 4.07. The van der Waals surface area contributed by atoms with Crippen LogP contribution < -0.4 is 0 Å². The average molecular weight is 346 g/mol. The monoisotopic (exact) mass is 345 g/mol. The molecule has 0 saturated heterocycles. The van der Waals surface area contributed by atoms with Crippen molar-refractivity contribution in [2.45, 2.75) is 103 Å². The van der Waals surface area contributed by atoms with Gasteiger partial charge in [-0.05, 0) is 51.7 Å². The molecule has 1 fully saturated rings. The van der Waals surface area contributed by atoms with E-state index < -0.39 is 26.1 Å². The Morgan fingerprint density at radius 2 is 1.65 bits per heavy atom. The van der Waals surface area contributed by atoms with E-state index in [4.69, 9.17) is 4.43 Å². The Balaban J connectivity index is 3.11. The van der Waals surface area contributed by atoms with Gasteiger partial charge in [-0.1, -0.05) is 20.8 Å². The smallest absolute Gasteiger partial charge is 0.408 e. The van der Waals surface area contributed by atoms with Crippen LogP contribution in [0.4, 0.5) is 4.79 Å². The van der Waals surface area contributed by atoms with Crippen molar-refractivity contribution in [1.82, 2.24) is 4.90 Å². The zero-order valence-electron chi connectivity index (χ0n) is 16.0. The standard InChI is InChI=1S/C17H35NO4Si/c1-16(2,3)18(15(20)21)13-10-9-12(19)11-14(13)22-23(7,8)17(4,5)6/h12-14,19H,9-11H2,1-8H3,(H,20,21)/t12-,13?,14-/m1/s1. The van der Waals surface area contributed by atoms with Crippen molar-refractivity contribution in [3.8, 4) is 0 Å². The van der Waals surface area contributed by atoms with Crippen molar-refractivity contribution in [2.75, 3.05) is 0 Å². The van der Waals surface area contributed by atoms with Crippen LogP contribution in [0.25, 0.3) is 0 Å². The van der Waals surface area contributed by atoms with Crippen molar-refractivity contribution in [1.29, 1.82) is 0 Å². The van der Waals surface area contributed by atoms with E-state index in [1.165, 1.54) is 4.90 Å². The molecule has 1 aliphatic carbocycles. The molecule has 0 aromatic rings. The highest BCUT2D eigenvalue weighted by Gasteiger charge is 2.46. The molecule has 136 valence electrons. The fraction of sp³-hybridized carbons (Fsp3) is 0.941. The number of carboxylic acid groups (broad SMARTS) is 1. The Bertz CT molecular complexity index is 425. The lowest BCUT2D eigenvalue weighted by atomic mass is 9.87. The number of amides is 1. The minimum atomic E-state index is -2.03. The van der Waals surface area contributed by atoms with E-state index in [9.17, 15) is 15.0 Å². The summed E-state index contributed by atoms with van der Waals surface area (Å²) in [6.45, 7) is 16.6. The minimum absolute atomic E-state index is 0.0513. The van der Waals surface area contributed by atoms with Gasteiger partial charge in [0.25, 0.3) is 0 Å². The normalized spacial score (nSPS) is 26.9. The Labute approximate surface area is 142 Å². The largest absolute Gasteiger partial charge is 0.465 e. The molecular weight excluding hydrogens is 310 g/mol. The summed E-state index contributed by atoms with van der Waals surface area (Å²) in [7, 11) is -2.03. The molecule has 0 radical (unpaired) electrons. The van der Waals surface area contributed by atoms with E-state index in [0.717, 1.165) is 0 Å². The summed E-state index contributed by atoms with van der Waals surface area (Å²) in [6.07, 6.45) is 0.220. The summed E-state index contributed by atoms with van der Waals surface area (Å²) in [4.78, 5) is 13.4. The quantitative estimate of drug-likeness (QED) is 0.757. The van der Waals surface area contributed by atoms with Crippen LogP contribution in [-0.4, -0.2) is 53.3 Å². The highest BCUT2D eigenvalue weighted by atomic mass is 28.4. The summed E-state index contributed by atoms with van der Waals surface area (Å²) >= 11 is 0. The van der Waals surface area contributed by atoms with Gasteiger partial charge in [0.2, 0.25) is 0 Å². The average Bonchev–Trinajstić information content (AvgIpc) is 2.28. The minimum Gasteiger partial charge on any atom is -0.465 e. The van der Waals surface area contributed by atoms with E-state index in [-0.39, 0.29) is 17.2 Å². The van der Waals surface area contributed by atoms with Crippen LogP contribution in [0, 0.1) is 0 Å². The molecule has 1 rings (SSSR count). The summed E-state index contributed by atoms with van der Waals surface area (Å²) in [5.41, 5.74) is -0.492. The Hall–Kier alpha value is -0.593. The van der Waals surface area contributed by atoms with Gasteiger partial charge in [-0.25, -0.2) is 4.79 Å². The number of rotatable bonds is 3. The van der Waals surface area contributed by atoms with E-state index in [2.05, 4.69) is 33.9 Å². The number of hydrogen-bond donors (Lipinski definition) is 2. The topological polar surface area (TPSA) is 70.0 Å². The molecule has 1 unspecified atom stereocenters. The molecular formula is C17H35NO4Si. The summed E-state index contributed by atoms with van der Waals surface area (Å²) in [5, 5.41) is 19.9. The molecule has 5 nitrogen and oxygen atoms in total. The van der Waals surface area contributed by atoms with Crippen molar-refractivity contribution < 1.29 is 19.4 Å². The van der Waals surface area contributed by atoms with E-state index in [1.807, 2.05) is 20.8 Å². The van der Waals surface area contributed by atoms with Crippen LogP contribution in [0.3, 0.4) is 0 Å². The first kappa shape index (κ1) is 20.5. The van der Waals surface area contributed by atoms with Crippen molar-refractivity contribution in [3.05, 3.63) is 0 Å². The Morgan fingerprint density at radius 3 is 2.04 bits per heavy atom. The summed E-state index contributed by atoms with van der Waals surface area (Å²) < 4.78 is 6.53. The molecule has 0 spiro atoms. The molecule has 1 saturated carbocycles. The van der Waals surface area contributed by atoms with Gasteiger partial charge in [-0.2, -0.15) is 0 Å². The molecule has 0 aliphatic heterocycles. The number of aliphatic hydroxyl groups excluding tert-OH is 1. The van der Waals surface area contributed by atoms with Crippen molar-refractivity contribution in [3.63, 3.8) is 0 Å². The number of nitrogens with zero attached hydrogens (tertiary/aromatic N) is 1. The third-order valence-corrected chi connectivity index (χ3v) is 9.75. The van der Waals surface area contributed by atoms with Gasteiger partial charge in [0.15, 0.2) is 8.32 Å². The Kier molecular flexibility index (Phi) is 5.98. The lowest BCUT2D eigenvalue weighted by Crippen LogP contribution is -2.60. The van der Waals surface area contributed by atoms with Gasteiger partial charge in [-0.3, -0.25) is 4.90 Å². The van der Waals surface area contributed by atoms with Crippen molar-refractivity contribution in [2.24, 2.45) is 0 Å². The molecule has 0 aromatic heterocycles. The highest BCUT2D eigenvalue weighted by Crippen LogP contribution is 2.40. The van der Waals surface area contributed by atoms with Gasteiger partial charge in [0.05, 0.1) is 18.2 Å². The third kappa shape index (κ3) is 4.94. The molecule has 0 heterocycles. The van der Waals surface area contributed by atoms with Crippen molar-refractivity contribution >= 4 is 14.4 Å². The molecule has 3 atom stereocenters. The lowest BCUT2D eigenvalue weighted by molar-refractivity contribution is -0.0391. The van der Waals surface area contributed by atoms with E-state index in [0.29, 0.717) is 19.3 Å². The van der Waals surface area contributed by atoms with Crippen LogP contribution >= 0.6 is 0 Å². The predicted molar refractivity (Wildman–Crippen MR) is 95.3 cm³/mol. The summed E-state index contributed by atoms with van der Waals surface area (Å²) in [5.74, 6) is 0. The van der Waals surface area contributed by atoms with E-state index in [1.54, 1.807) is 0 Å². The second-order valence-corrected chi connectivity index (χ2v) is 14.0. The van der Waals surface area contributed by atoms with Crippen LogP contribution in [0.1, 0.15) is 60.8 Å². The van der Waals surface area contributed by atoms with E-state index >= 15 is 0 Å². The Morgan fingerprint density at radius 1 is 1.13 bits per heavy atom. The number of hydrogen-bond acceptors (Lipinski definition) is 3.